The van der Waals surface area contributed by atoms with Gasteiger partial charge in [0.05, 0.1) is 24.0 Å². The van der Waals surface area contributed by atoms with Gasteiger partial charge in [0.1, 0.15) is 12.1 Å². The number of imidazole rings is 1. The summed E-state index contributed by atoms with van der Waals surface area (Å²) in [4.78, 5) is 35.3. The molecule has 1 aromatic carbocycles. The standard InChI is InChI=1S/C22H23N5O3/c28-20-13-30-19-7-9-26(12-18(19)25-20)22(29)16-10-17-21(23-11-16)27(14-24-17)8-6-15-4-2-1-3-5-15/h1-5,10-11,14,18-19H,6-9,12-13H2,(H,25,28)/t18-,19+/m0/s1. The molecule has 2 aliphatic heterocycles. The largest absolute Gasteiger partial charge is 0.366 e. The maximum absolute atomic E-state index is 13.0. The lowest BCUT2D eigenvalue weighted by Gasteiger charge is -2.41. The second kappa shape index (κ2) is 7.87. The Morgan fingerprint density at radius 3 is 2.97 bits per heavy atom. The molecule has 2 amide bonds. The smallest absolute Gasteiger partial charge is 0.255 e. The van der Waals surface area contributed by atoms with Crippen LogP contribution in [0.4, 0.5) is 0 Å². The Morgan fingerprint density at radius 2 is 2.10 bits per heavy atom. The zero-order valence-corrected chi connectivity index (χ0v) is 16.5. The van der Waals surface area contributed by atoms with E-state index in [4.69, 9.17) is 4.74 Å². The Bertz CT molecular complexity index is 1080. The van der Waals surface area contributed by atoms with Crippen molar-refractivity contribution in [1.29, 1.82) is 0 Å². The van der Waals surface area contributed by atoms with Gasteiger partial charge in [0.2, 0.25) is 5.91 Å². The van der Waals surface area contributed by atoms with Crippen molar-refractivity contribution in [3.63, 3.8) is 0 Å². The van der Waals surface area contributed by atoms with E-state index in [1.54, 1.807) is 23.5 Å². The third kappa shape index (κ3) is 3.66. The number of fused-ring (bicyclic) bond motifs is 2. The average Bonchev–Trinajstić information content (AvgIpc) is 3.19. The second-order valence-corrected chi connectivity index (χ2v) is 7.80. The molecule has 0 radical (unpaired) electrons. The molecule has 0 bridgehead atoms. The van der Waals surface area contributed by atoms with Crippen LogP contribution >= 0.6 is 0 Å². The zero-order valence-electron chi connectivity index (χ0n) is 16.5. The Labute approximate surface area is 173 Å². The van der Waals surface area contributed by atoms with E-state index in [2.05, 4.69) is 27.4 Å². The third-order valence-corrected chi connectivity index (χ3v) is 5.80. The number of rotatable bonds is 4. The molecule has 8 nitrogen and oxygen atoms in total. The summed E-state index contributed by atoms with van der Waals surface area (Å²) in [5, 5.41) is 2.93. The first-order valence-corrected chi connectivity index (χ1v) is 10.2. The normalized spacial score (nSPS) is 21.3. The summed E-state index contributed by atoms with van der Waals surface area (Å²) >= 11 is 0. The summed E-state index contributed by atoms with van der Waals surface area (Å²) in [6.45, 7) is 1.91. The van der Waals surface area contributed by atoms with Gasteiger partial charge in [0.25, 0.3) is 5.91 Å². The predicted molar refractivity (Wildman–Crippen MR) is 110 cm³/mol. The number of likely N-dealkylation sites (tertiary alicyclic amines) is 1. The molecule has 0 spiro atoms. The number of nitrogens with one attached hydrogen (secondary N) is 1. The van der Waals surface area contributed by atoms with Gasteiger partial charge in [-0.15, -0.1) is 0 Å². The molecule has 2 atom stereocenters. The van der Waals surface area contributed by atoms with E-state index in [9.17, 15) is 9.59 Å². The molecule has 3 aromatic rings. The van der Waals surface area contributed by atoms with Crippen molar-refractivity contribution in [1.82, 2.24) is 24.8 Å². The number of benzene rings is 1. The van der Waals surface area contributed by atoms with Crippen LogP contribution < -0.4 is 5.32 Å². The molecule has 1 N–H and O–H groups in total. The van der Waals surface area contributed by atoms with E-state index in [1.807, 2.05) is 22.8 Å². The SMILES string of the molecule is O=C1CO[C@@H]2CCN(C(=O)c3cnc4c(c3)ncn4CCc3ccccc3)C[C@@H]2N1. The first kappa shape index (κ1) is 18.7. The van der Waals surface area contributed by atoms with Crippen LogP contribution in [-0.4, -0.2) is 63.1 Å². The number of aromatic nitrogens is 3. The summed E-state index contributed by atoms with van der Waals surface area (Å²) < 4.78 is 7.58. The van der Waals surface area contributed by atoms with Crippen LogP contribution in [0.25, 0.3) is 11.2 Å². The van der Waals surface area contributed by atoms with Crippen LogP contribution in [0.5, 0.6) is 0 Å². The number of carbonyl (C=O) groups excluding carboxylic acids is 2. The van der Waals surface area contributed by atoms with Crippen molar-refractivity contribution < 1.29 is 14.3 Å². The predicted octanol–water partition coefficient (Wildman–Crippen LogP) is 1.40. The highest BCUT2D eigenvalue weighted by molar-refractivity contribution is 5.96. The molecule has 2 fully saturated rings. The lowest BCUT2D eigenvalue weighted by atomic mass is 10.00. The maximum Gasteiger partial charge on any atom is 0.255 e. The van der Waals surface area contributed by atoms with Crippen molar-refractivity contribution >= 4 is 23.0 Å². The van der Waals surface area contributed by atoms with Gasteiger partial charge in [-0.2, -0.15) is 0 Å². The van der Waals surface area contributed by atoms with Crippen LogP contribution in [0, 0.1) is 0 Å². The van der Waals surface area contributed by atoms with E-state index in [-0.39, 0.29) is 30.6 Å². The van der Waals surface area contributed by atoms with Crippen LogP contribution in [0.2, 0.25) is 0 Å². The van der Waals surface area contributed by atoms with Crippen molar-refractivity contribution in [2.45, 2.75) is 31.5 Å². The molecule has 8 heteroatoms. The van der Waals surface area contributed by atoms with Crippen molar-refractivity contribution in [3.05, 3.63) is 60.0 Å². The molecule has 0 aliphatic carbocycles. The Hall–Kier alpha value is -3.26. The minimum Gasteiger partial charge on any atom is -0.366 e. The zero-order chi connectivity index (χ0) is 20.5. The molecule has 2 aliphatic rings. The van der Waals surface area contributed by atoms with Crippen LogP contribution in [0.3, 0.4) is 0 Å². The fourth-order valence-electron chi connectivity index (χ4n) is 4.19. The average molecular weight is 405 g/mol. The quantitative estimate of drug-likeness (QED) is 0.709. The Kier molecular flexibility index (Phi) is 4.92. The molecule has 154 valence electrons. The number of ether oxygens (including phenoxy) is 1. The molecule has 0 saturated carbocycles. The summed E-state index contributed by atoms with van der Waals surface area (Å²) in [5.74, 6) is -0.226. The summed E-state index contributed by atoms with van der Waals surface area (Å²) in [5.41, 5.74) is 3.25. The van der Waals surface area contributed by atoms with E-state index < -0.39 is 0 Å². The number of morpholine rings is 1. The highest BCUT2D eigenvalue weighted by Gasteiger charge is 2.36. The molecule has 2 saturated heterocycles. The van der Waals surface area contributed by atoms with Crippen LogP contribution in [0.1, 0.15) is 22.3 Å². The first-order chi connectivity index (χ1) is 14.7. The van der Waals surface area contributed by atoms with Crippen molar-refractivity contribution in [2.75, 3.05) is 19.7 Å². The maximum atomic E-state index is 13.0. The van der Waals surface area contributed by atoms with E-state index >= 15 is 0 Å². The summed E-state index contributed by atoms with van der Waals surface area (Å²) in [6.07, 6.45) is 4.97. The third-order valence-electron chi connectivity index (χ3n) is 5.80. The van der Waals surface area contributed by atoms with Gasteiger partial charge >= 0.3 is 0 Å². The van der Waals surface area contributed by atoms with Crippen molar-refractivity contribution in [2.24, 2.45) is 0 Å². The molecule has 30 heavy (non-hydrogen) atoms. The van der Waals surface area contributed by atoms with Gasteiger partial charge in [0.15, 0.2) is 5.65 Å². The molecular weight excluding hydrogens is 382 g/mol. The van der Waals surface area contributed by atoms with Gasteiger partial charge in [-0.3, -0.25) is 9.59 Å². The molecule has 0 unspecified atom stereocenters. The number of aryl methyl sites for hydroxylation is 2. The van der Waals surface area contributed by atoms with Crippen molar-refractivity contribution in [3.8, 4) is 0 Å². The lowest BCUT2D eigenvalue weighted by molar-refractivity contribution is -0.139. The van der Waals surface area contributed by atoms with Crippen LogP contribution in [0.15, 0.2) is 48.9 Å². The molecule has 4 heterocycles. The highest BCUT2D eigenvalue weighted by atomic mass is 16.5. The van der Waals surface area contributed by atoms with Gasteiger partial charge in [-0.05, 0) is 24.5 Å². The number of nitrogens with zero attached hydrogens (tertiary/aromatic N) is 4. The Balaban J connectivity index is 1.29. The molecular formula is C22H23N5O3. The van der Waals surface area contributed by atoms with Gasteiger partial charge < -0.3 is 19.5 Å². The minimum absolute atomic E-state index is 0.0207. The minimum atomic E-state index is -0.155. The summed E-state index contributed by atoms with van der Waals surface area (Å²) in [7, 11) is 0. The van der Waals surface area contributed by atoms with E-state index in [0.717, 1.165) is 18.6 Å². The van der Waals surface area contributed by atoms with Crippen LogP contribution in [-0.2, 0) is 22.5 Å². The fourth-order valence-corrected chi connectivity index (χ4v) is 4.19. The van der Waals surface area contributed by atoms with Gasteiger partial charge in [-0.25, -0.2) is 9.97 Å². The van der Waals surface area contributed by atoms with Gasteiger partial charge in [-0.1, -0.05) is 30.3 Å². The van der Waals surface area contributed by atoms with E-state index in [1.165, 1.54) is 5.56 Å². The second-order valence-electron chi connectivity index (χ2n) is 7.80. The topological polar surface area (TPSA) is 89.3 Å². The number of hydrogen-bond donors (Lipinski definition) is 1. The lowest BCUT2D eigenvalue weighted by Crippen LogP contribution is -2.61. The number of carbonyl (C=O) groups is 2. The fraction of sp³-hybridized carbons (Fsp3) is 0.364. The molecule has 5 rings (SSSR count). The number of amides is 2. The Morgan fingerprint density at radius 1 is 1.23 bits per heavy atom. The molecule has 2 aromatic heterocycles. The highest BCUT2D eigenvalue weighted by Crippen LogP contribution is 2.20. The number of hydrogen-bond acceptors (Lipinski definition) is 5. The summed E-state index contributed by atoms with van der Waals surface area (Å²) in [6, 6.07) is 11.9. The monoisotopic (exact) mass is 405 g/mol. The first-order valence-electron chi connectivity index (χ1n) is 10.2. The number of piperidine rings is 1. The van der Waals surface area contributed by atoms with Gasteiger partial charge in [0, 0.05) is 25.8 Å². The number of pyridine rings is 1. The van der Waals surface area contributed by atoms with E-state index in [0.29, 0.717) is 30.6 Å².